The number of halogens is 1. The highest BCUT2D eigenvalue weighted by Crippen LogP contribution is 2.40. The molecule has 1 aliphatic rings. The summed E-state index contributed by atoms with van der Waals surface area (Å²) >= 11 is 3.55. The lowest BCUT2D eigenvalue weighted by Gasteiger charge is -2.15. The Labute approximate surface area is 114 Å². The number of nitrogens with one attached hydrogen (secondary N) is 1. The van der Waals surface area contributed by atoms with Crippen molar-refractivity contribution in [3.05, 3.63) is 27.9 Å². The molecule has 94 valence electrons. The van der Waals surface area contributed by atoms with Crippen molar-refractivity contribution in [1.82, 2.24) is 4.98 Å². The molecule has 0 spiro atoms. The van der Waals surface area contributed by atoms with Crippen LogP contribution in [0, 0.1) is 0 Å². The van der Waals surface area contributed by atoms with Gasteiger partial charge in [0.15, 0.2) is 0 Å². The number of hydrogen-bond donors (Lipinski definition) is 2. The summed E-state index contributed by atoms with van der Waals surface area (Å²) in [7, 11) is 1.66. The van der Waals surface area contributed by atoms with Gasteiger partial charge in [0.05, 0.1) is 23.7 Å². The summed E-state index contributed by atoms with van der Waals surface area (Å²) in [4.78, 5) is 4.75. The van der Waals surface area contributed by atoms with E-state index in [1.807, 2.05) is 12.1 Å². The molecule has 3 N–H and O–H groups in total. The highest BCUT2D eigenvalue weighted by atomic mass is 79.9. The molecule has 0 saturated carbocycles. The first-order valence-corrected chi connectivity index (χ1v) is 6.70. The highest BCUT2D eigenvalue weighted by Gasteiger charge is 2.22. The second-order valence-corrected chi connectivity index (χ2v) is 5.24. The first-order chi connectivity index (χ1) is 8.76. The molecule has 0 saturated heterocycles. The number of nitrogens with zero attached hydrogens (tertiary/aromatic N) is 1. The quantitative estimate of drug-likeness (QED) is 0.661. The number of hydrogen-bond acceptors (Lipinski definition) is 4. The maximum Gasteiger partial charge on any atom is 0.130 e. The molecule has 0 radical (unpaired) electrons. The Bertz CT molecular complexity index is 627. The van der Waals surface area contributed by atoms with Crippen LogP contribution in [0.5, 0.6) is 5.75 Å². The van der Waals surface area contributed by atoms with E-state index in [-0.39, 0.29) is 0 Å². The number of fused-ring (bicyclic) bond motifs is 2. The SMILES string of the molecule is COc1ccc(Br)c2nc3c(c(NN)c12)CCC3. The van der Waals surface area contributed by atoms with Gasteiger partial charge in [0.1, 0.15) is 5.75 Å². The molecule has 0 amide bonds. The highest BCUT2D eigenvalue weighted by molar-refractivity contribution is 9.10. The zero-order valence-electron chi connectivity index (χ0n) is 10.1. The van der Waals surface area contributed by atoms with E-state index in [1.165, 1.54) is 5.56 Å². The molecule has 5 heteroatoms. The van der Waals surface area contributed by atoms with Crippen LogP contribution in [0.3, 0.4) is 0 Å². The maximum absolute atomic E-state index is 5.71. The standard InChI is InChI=1S/C13H14BrN3O/c1-18-10-6-5-8(14)13-11(10)12(17-15)7-3-2-4-9(7)16-13/h5-6H,2-4,15H2,1H3,(H,16,17). The summed E-state index contributed by atoms with van der Waals surface area (Å²) in [6, 6.07) is 3.88. The van der Waals surface area contributed by atoms with Crippen molar-refractivity contribution in [1.29, 1.82) is 0 Å². The van der Waals surface area contributed by atoms with Crippen molar-refractivity contribution in [2.75, 3.05) is 12.5 Å². The number of anilines is 1. The Morgan fingerprint density at radius 3 is 2.94 bits per heavy atom. The van der Waals surface area contributed by atoms with E-state index in [9.17, 15) is 0 Å². The van der Waals surface area contributed by atoms with E-state index in [0.717, 1.165) is 51.8 Å². The van der Waals surface area contributed by atoms with E-state index in [0.29, 0.717) is 0 Å². The first kappa shape index (κ1) is 11.7. The van der Waals surface area contributed by atoms with Gasteiger partial charge in [-0.05, 0) is 52.9 Å². The van der Waals surface area contributed by atoms with Crippen molar-refractivity contribution in [3.8, 4) is 5.75 Å². The van der Waals surface area contributed by atoms with Crippen LogP contribution < -0.4 is 16.0 Å². The van der Waals surface area contributed by atoms with Gasteiger partial charge in [0.2, 0.25) is 0 Å². The van der Waals surface area contributed by atoms with Crippen molar-refractivity contribution in [3.63, 3.8) is 0 Å². The largest absolute Gasteiger partial charge is 0.496 e. The van der Waals surface area contributed by atoms with E-state index in [4.69, 9.17) is 15.6 Å². The Morgan fingerprint density at radius 2 is 2.22 bits per heavy atom. The number of nitrogen functional groups attached to an aromatic ring is 1. The number of methoxy groups -OCH3 is 1. The molecule has 0 fully saturated rings. The molecule has 0 aliphatic heterocycles. The molecule has 1 aromatic carbocycles. The van der Waals surface area contributed by atoms with Gasteiger partial charge in [-0.3, -0.25) is 10.8 Å². The van der Waals surface area contributed by atoms with Crippen molar-refractivity contribution < 1.29 is 4.74 Å². The van der Waals surface area contributed by atoms with Crippen LogP contribution in [-0.2, 0) is 12.8 Å². The van der Waals surface area contributed by atoms with Crippen LogP contribution in [0.25, 0.3) is 10.9 Å². The number of aryl methyl sites for hydroxylation is 1. The topological polar surface area (TPSA) is 60.2 Å². The molecule has 0 bridgehead atoms. The number of ether oxygens (including phenoxy) is 1. The number of aromatic nitrogens is 1. The van der Waals surface area contributed by atoms with Crippen molar-refractivity contribution in [2.24, 2.45) is 5.84 Å². The Balaban J connectivity index is 2.46. The zero-order chi connectivity index (χ0) is 12.7. The minimum absolute atomic E-state index is 0.795. The summed E-state index contributed by atoms with van der Waals surface area (Å²) in [6.45, 7) is 0. The third kappa shape index (κ3) is 1.58. The van der Waals surface area contributed by atoms with Crippen LogP contribution in [-0.4, -0.2) is 12.1 Å². The smallest absolute Gasteiger partial charge is 0.130 e. The van der Waals surface area contributed by atoms with Crippen LogP contribution in [0.4, 0.5) is 5.69 Å². The molecule has 0 atom stereocenters. The predicted octanol–water partition coefficient (Wildman–Crippen LogP) is 2.78. The fraction of sp³-hybridized carbons (Fsp3) is 0.308. The molecule has 2 aromatic rings. The van der Waals surface area contributed by atoms with E-state index in [1.54, 1.807) is 7.11 Å². The fourth-order valence-corrected chi connectivity index (χ4v) is 3.05. The average Bonchev–Trinajstić information content (AvgIpc) is 2.85. The Kier molecular flexibility index (Phi) is 2.87. The van der Waals surface area contributed by atoms with E-state index < -0.39 is 0 Å². The maximum atomic E-state index is 5.71. The minimum atomic E-state index is 0.795. The first-order valence-electron chi connectivity index (χ1n) is 5.91. The van der Waals surface area contributed by atoms with Gasteiger partial charge < -0.3 is 10.2 Å². The van der Waals surface area contributed by atoms with Gasteiger partial charge in [-0.25, -0.2) is 0 Å². The lowest BCUT2D eigenvalue weighted by atomic mass is 10.1. The Morgan fingerprint density at radius 1 is 1.39 bits per heavy atom. The summed E-state index contributed by atoms with van der Waals surface area (Å²) in [5, 5.41) is 0.954. The molecular weight excluding hydrogens is 294 g/mol. The summed E-state index contributed by atoms with van der Waals surface area (Å²) < 4.78 is 6.39. The van der Waals surface area contributed by atoms with Gasteiger partial charge in [0.25, 0.3) is 0 Å². The van der Waals surface area contributed by atoms with Gasteiger partial charge in [-0.15, -0.1) is 0 Å². The minimum Gasteiger partial charge on any atom is -0.496 e. The molecule has 4 nitrogen and oxygen atoms in total. The molecule has 0 unspecified atom stereocenters. The summed E-state index contributed by atoms with van der Waals surface area (Å²) in [6.07, 6.45) is 3.17. The normalized spacial score (nSPS) is 13.7. The second kappa shape index (κ2) is 4.40. The number of rotatable bonds is 2. The molecule has 1 aliphatic carbocycles. The number of pyridine rings is 1. The van der Waals surface area contributed by atoms with Gasteiger partial charge in [-0.1, -0.05) is 0 Å². The van der Waals surface area contributed by atoms with Crippen LogP contribution in [0.2, 0.25) is 0 Å². The fourth-order valence-electron chi connectivity index (χ4n) is 2.63. The molecule has 1 heterocycles. The molecule has 18 heavy (non-hydrogen) atoms. The number of nitrogens with two attached hydrogens (primary N) is 1. The zero-order valence-corrected chi connectivity index (χ0v) is 11.7. The van der Waals surface area contributed by atoms with E-state index >= 15 is 0 Å². The second-order valence-electron chi connectivity index (χ2n) is 4.38. The van der Waals surface area contributed by atoms with Gasteiger partial charge in [-0.2, -0.15) is 0 Å². The summed E-state index contributed by atoms with van der Waals surface area (Å²) in [5.41, 5.74) is 7.05. The molecule has 3 rings (SSSR count). The molecular formula is C13H14BrN3O. The van der Waals surface area contributed by atoms with Gasteiger partial charge in [0, 0.05) is 10.2 Å². The third-order valence-corrected chi connectivity index (χ3v) is 4.08. The van der Waals surface area contributed by atoms with Crippen LogP contribution in [0.1, 0.15) is 17.7 Å². The third-order valence-electron chi connectivity index (χ3n) is 3.44. The average molecular weight is 308 g/mol. The van der Waals surface area contributed by atoms with E-state index in [2.05, 4.69) is 21.4 Å². The van der Waals surface area contributed by atoms with Crippen LogP contribution >= 0.6 is 15.9 Å². The Hall–Kier alpha value is -1.33. The summed E-state index contributed by atoms with van der Waals surface area (Å²) in [5.74, 6) is 6.51. The molecule has 1 aromatic heterocycles. The van der Waals surface area contributed by atoms with Crippen LogP contribution in [0.15, 0.2) is 16.6 Å². The van der Waals surface area contributed by atoms with Gasteiger partial charge >= 0.3 is 0 Å². The number of hydrazine groups is 1. The monoisotopic (exact) mass is 307 g/mol. The lowest BCUT2D eigenvalue weighted by molar-refractivity contribution is 0.420. The lowest BCUT2D eigenvalue weighted by Crippen LogP contribution is -2.11. The van der Waals surface area contributed by atoms with Crippen molar-refractivity contribution >= 4 is 32.5 Å². The van der Waals surface area contributed by atoms with Crippen molar-refractivity contribution in [2.45, 2.75) is 19.3 Å². The predicted molar refractivity (Wildman–Crippen MR) is 75.8 cm³/mol. The number of benzene rings is 1.